The summed E-state index contributed by atoms with van der Waals surface area (Å²) in [6.07, 6.45) is 4.41. The van der Waals surface area contributed by atoms with Crippen molar-refractivity contribution in [2.75, 3.05) is 6.61 Å². The number of carbonyl (C=O) groups excluding carboxylic acids is 2. The van der Waals surface area contributed by atoms with Crippen LogP contribution in [0.3, 0.4) is 0 Å². The molecule has 3 rings (SSSR count). The summed E-state index contributed by atoms with van der Waals surface area (Å²) in [5.41, 5.74) is 2.19. The van der Waals surface area contributed by atoms with Gasteiger partial charge in [-0.25, -0.2) is 4.79 Å². The van der Waals surface area contributed by atoms with Crippen LogP contribution in [0.2, 0.25) is 0 Å². The van der Waals surface area contributed by atoms with Crippen LogP contribution in [0.1, 0.15) is 24.0 Å². The van der Waals surface area contributed by atoms with E-state index in [1.54, 1.807) is 15.8 Å². The van der Waals surface area contributed by atoms with E-state index in [9.17, 15) is 9.59 Å². The molecule has 1 aromatic carbocycles. The third-order valence-electron chi connectivity index (χ3n) is 4.20. The summed E-state index contributed by atoms with van der Waals surface area (Å²) in [7, 11) is 0. The topological polar surface area (TPSA) is 64.4 Å². The largest absolute Gasteiger partial charge is 0.462 e. The molecule has 0 saturated carbocycles. The number of rotatable bonds is 6. The first kappa shape index (κ1) is 16.2. The van der Waals surface area contributed by atoms with E-state index < -0.39 is 6.04 Å². The van der Waals surface area contributed by atoms with E-state index in [1.165, 1.54) is 5.56 Å². The molecule has 0 spiro atoms. The molecule has 1 aliphatic rings. The van der Waals surface area contributed by atoms with Crippen molar-refractivity contribution < 1.29 is 14.3 Å². The van der Waals surface area contributed by atoms with Gasteiger partial charge in [-0.05, 0) is 25.0 Å². The van der Waals surface area contributed by atoms with Crippen LogP contribution in [-0.4, -0.2) is 39.2 Å². The summed E-state index contributed by atoms with van der Waals surface area (Å²) < 4.78 is 7.05. The lowest BCUT2D eigenvalue weighted by atomic mass is 10.1. The Morgan fingerprint density at radius 2 is 2.12 bits per heavy atom. The van der Waals surface area contributed by atoms with Crippen molar-refractivity contribution >= 4 is 11.9 Å². The normalized spacial score (nSPS) is 17.3. The lowest BCUT2D eigenvalue weighted by Crippen LogP contribution is -2.39. The quantitative estimate of drug-likeness (QED) is 0.761. The smallest absolute Gasteiger partial charge is 0.328 e. The van der Waals surface area contributed by atoms with Crippen molar-refractivity contribution in [2.24, 2.45) is 0 Å². The Balaban J connectivity index is 1.57. The van der Waals surface area contributed by atoms with Crippen LogP contribution in [0.5, 0.6) is 0 Å². The zero-order chi connectivity index (χ0) is 16.9. The Kier molecular flexibility index (Phi) is 4.93. The number of likely N-dealkylation sites (tertiary alicyclic amines) is 1. The van der Waals surface area contributed by atoms with Gasteiger partial charge in [0.1, 0.15) is 12.6 Å². The number of amides is 1. The summed E-state index contributed by atoms with van der Waals surface area (Å²) in [5.74, 6) is -0.329. The van der Waals surface area contributed by atoms with Gasteiger partial charge in [0.15, 0.2) is 0 Å². The molecule has 1 aliphatic heterocycles. The molecule has 2 aromatic rings. The second-order valence-corrected chi connectivity index (χ2v) is 6.00. The molecule has 1 atom stereocenters. The van der Waals surface area contributed by atoms with Gasteiger partial charge < -0.3 is 9.64 Å². The molecule has 0 N–H and O–H groups in total. The predicted octanol–water partition coefficient (Wildman–Crippen LogP) is 1.93. The van der Waals surface area contributed by atoms with Gasteiger partial charge in [-0.15, -0.1) is 0 Å². The molecular weight excluding hydrogens is 306 g/mol. The molecule has 2 heterocycles. The number of esters is 1. The van der Waals surface area contributed by atoms with Gasteiger partial charge in [-0.3, -0.25) is 9.48 Å². The molecule has 6 heteroatoms. The molecule has 0 unspecified atom stereocenters. The highest BCUT2D eigenvalue weighted by Crippen LogP contribution is 2.22. The summed E-state index contributed by atoms with van der Waals surface area (Å²) >= 11 is 0. The first-order valence-electron chi connectivity index (χ1n) is 8.12. The highest BCUT2D eigenvalue weighted by Gasteiger charge is 2.36. The van der Waals surface area contributed by atoms with Gasteiger partial charge in [0.25, 0.3) is 0 Å². The SMILES string of the molecule is Cc1ccc(CN2C(=O)CC[C@@H]2C(=O)OCCn2cccn2)cc1. The minimum absolute atomic E-state index is 0.00426. The van der Waals surface area contributed by atoms with Crippen LogP contribution in [0.25, 0.3) is 0 Å². The molecular formula is C18H21N3O3. The standard InChI is InChI=1S/C18H21N3O3/c1-14-3-5-15(6-4-14)13-21-16(7-8-17(21)22)18(23)24-12-11-20-10-2-9-19-20/h2-6,9-10,16H,7-8,11-13H2,1H3/t16-/m1/s1. The van der Waals surface area contributed by atoms with E-state index in [0.717, 1.165) is 5.56 Å². The van der Waals surface area contributed by atoms with Crippen molar-refractivity contribution in [3.8, 4) is 0 Å². The molecule has 0 radical (unpaired) electrons. The third kappa shape index (κ3) is 3.82. The van der Waals surface area contributed by atoms with Crippen LogP contribution < -0.4 is 0 Å². The molecule has 0 aliphatic carbocycles. The van der Waals surface area contributed by atoms with E-state index in [4.69, 9.17) is 4.74 Å². The van der Waals surface area contributed by atoms with Gasteiger partial charge in [0.2, 0.25) is 5.91 Å². The van der Waals surface area contributed by atoms with E-state index in [0.29, 0.717) is 25.9 Å². The monoisotopic (exact) mass is 327 g/mol. The fraction of sp³-hybridized carbons (Fsp3) is 0.389. The van der Waals surface area contributed by atoms with Crippen LogP contribution in [0.15, 0.2) is 42.7 Å². The van der Waals surface area contributed by atoms with Crippen LogP contribution in [-0.2, 0) is 27.4 Å². The summed E-state index contributed by atoms with van der Waals surface area (Å²) in [4.78, 5) is 26.1. The van der Waals surface area contributed by atoms with Crippen molar-refractivity contribution in [1.82, 2.24) is 14.7 Å². The highest BCUT2D eigenvalue weighted by molar-refractivity contribution is 5.88. The van der Waals surface area contributed by atoms with E-state index in [2.05, 4.69) is 5.10 Å². The van der Waals surface area contributed by atoms with E-state index in [1.807, 2.05) is 43.5 Å². The van der Waals surface area contributed by atoms with Crippen molar-refractivity contribution in [3.63, 3.8) is 0 Å². The van der Waals surface area contributed by atoms with Crippen molar-refractivity contribution in [3.05, 3.63) is 53.9 Å². The Labute approximate surface area is 141 Å². The number of ether oxygens (including phenoxy) is 1. The minimum atomic E-state index is -0.489. The maximum absolute atomic E-state index is 12.3. The average molecular weight is 327 g/mol. The van der Waals surface area contributed by atoms with Crippen LogP contribution in [0.4, 0.5) is 0 Å². The molecule has 0 bridgehead atoms. The summed E-state index contributed by atoms with van der Waals surface area (Å²) in [6, 6.07) is 9.32. The number of hydrogen-bond acceptors (Lipinski definition) is 4. The fourth-order valence-electron chi connectivity index (χ4n) is 2.84. The lowest BCUT2D eigenvalue weighted by Gasteiger charge is -2.23. The van der Waals surface area contributed by atoms with Gasteiger partial charge in [-0.1, -0.05) is 29.8 Å². The second kappa shape index (κ2) is 7.29. The number of nitrogens with zero attached hydrogens (tertiary/aromatic N) is 3. The maximum Gasteiger partial charge on any atom is 0.328 e. The van der Waals surface area contributed by atoms with E-state index >= 15 is 0 Å². The Hall–Kier alpha value is -2.63. The van der Waals surface area contributed by atoms with Crippen molar-refractivity contribution in [1.29, 1.82) is 0 Å². The zero-order valence-corrected chi connectivity index (χ0v) is 13.7. The fourth-order valence-corrected chi connectivity index (χ4v) is 2.84. The first-order valence-corrected chi connectivity index (χ1v) is 8.12. The van der Waals surface area contributed by atoms with E-state index in [-0.39, 0.29) is 18.5 Å². The van der Waals surface area contributed by atoms with Crippen LogP contribution >= 0.6 is 0 Å². The number of carbonyl (C=O) groups is 2. The van der Waals surface area contributed by atoms with Crippen LogP contribution in [0, 0.1) is 6.92 Å². The molecule has 126 valence electrons. The Morgan fingerprint density at radius 3 is 2.83 bits per heavy atom. The molecule has 1 fully saturated rings. The highest BCUT2D eigenvalue weighted by atomic mass is 16.5. The van der Waals surface area contributed by atoms with Gasteiger partial charge in [0.05, 0.1) is 6.54 Å². The van der Waals surface area contributed by atoms with Gasteiger partial charge in [-0.2, -0.15) is 5.10 Å². The summed E-state index contributed by atoms with van der Waals surface area (Å²) in [5, 5.41) is 4.06. The maximum atomic E-state index is 12.3. The molecule has 1 amide bonds. The predicted molar refractivity (Wildman–Crippen MR) is 87.9 cm³/mol. The lowest BCUT2D eigenvalue weighted by molar-refractivity contribution is -0.152. The van der Waals surface area contributed by atoms with Gasteiger partial charge in [0, 0.05) is 25.4 Å². The number of aryl methyl sites for hydroxylation is 1. The Morgan fingerprint density at radius 1 is 1.33 bits per heavy atom. The summed E-state index contributed by atoms with van der Waals surface area (Å²) in [6.45, 7) is 3.23. The second-order valence-electron chi connectivity index (χ2n) is 6.00. The first-order chi connectivity index (χ1) is 11.6. The molecule has 6 nitrogen and oxygen atoms in total. The molecule has 24 heavy (non-hydrogen) atoms. The Bertz CT molecular complexity index is 695. The van der Waals surface area contributed by atoms with Gasteiger partial charge >= 0.3 is 5.97 Å². The third-order valence-corrected chi connectivity index (χ3v) is 4.20. The number of benzene rings is 1. The molecule has 1 aromatic heterocycles. The minimum Gasteiger partial charge on any atom is -0.462 e. The number of hydrogen-bond donors (Lipinski definition) is 0. The molecule has 1 saturated heterocycles. The average Bonchev–Trinajstić information content (AvgIpc) is 3.20. The zero-order valence-electron chi connectivity index (χ0n) is 13.7. The van der Waals surface area contributed by atoms with Crippen molar-refractivity contribution in [2.45, 2.75) is 38.9 Å². The number of aromatic nitrogens is 2.